The average molecular weight is 305 g/mol. The number of hydrogen-bond donors (Lipinski definition) is 0. The lowest BCUT2D eigenvalue weighted by molar-refractivity contribution is 0.654. The highest BCUT2D eigenvalue weighted by Crippen LogP contribution is 2.39. The van der Waals surface area contributed by atoms with Gasteiger partial charge in [0.25, 0.3) is 0 Å². The predicted molar refractivity (Wildman–Crippen MR) is 89.5 cm³/mol. The van der Waals surface area contributed by atoms with Gasteiger partial charge in [0.2, 0.25) is 0 Å². The van der Waals surface area contributed by atoms with Crippen LogP contribution in [-0.2, 0) is 6.42 Å². The molecule has 0 unspecified atom stereocenters. The van der Waals surface area contributed by atoms with E-state index in [0.717, 1.165) is 5.92 Å². The summed E-state index contributed by atoms with van der Waals surface area (Å²) in [6.45, 7) is 4.55. The second-order valence-electron chi connectivity index (χ2n) is 5.01. The van der Waals surface area contributed by atoms with E-state index >= 15 is 0 Å². The summed E-state index contributed by atoms with van der Waals surface area (Å²) in [6, 6.07) is 13.4. The first-order valence-electron chi connectivity index (χ1n) is 6.45. The van der Waals surface area contributed by atoms with Crippen LogP contribution in [0, 0.1) is 5.92 Å². The van der Waals surface area contributed by atoms with Crippen LogP contribution >= 0.6 is 34.0 Å². The molecule has 0 spiro atoms. The van der Waals surface area contributed by atoms with Gasteiger partial charge >= 0.3 is 0 Å². The number of thiophene rings is 3. The van der Waals surface area contributed by atoms with E-state index in [0.29, 0.717) is 0 Å². The normalized spacial score (nSPS) is 11.3. The molecule has 0 N–H and O–H groups in total. The largest absolute Gasteiger partial charge is 0.143 e. The van der Waals surface area contributed by atoms with Gasteiger partial charge in [-0.05, 0) is 48.1 Å². The van der Waals surface area contributed by atoms with E-state index in [1.807, 2.05) is 34.0 Å². The molecule has 19 heavy (non-hydrogen) atoms. The summed E-state index contributed by atoms with van der Waals surface area (Å²) in [5, 5.41) is 2.14. The Morgan fingerprint density at radius 1 is 0.842 bits per heavy atom. The number of rotatable bonds is 4. The van der Waals surface area contributed by atoms with Crippen LogP contribution in [0.2, 0.25) is 0 Å². The molecule has 0 nitrogen and oxygen atoms in total. The molecule has 3 rings (SSSR count). The minimum absolute atomic E-state index is 0.733. The summed E-state index contributed by atoms with van der Waals surface area (Å²) in [7, 11) is 0. The van der Waals surface area contributed by atoms with Crippen LogP contribution in [0.3, 0.4) is 0 Å². The van der Waals surface area contributed by atoms with Crippen molar-refractivity contribution in [2.75, 3.05) is 0 Å². The number of hydrogen-bond acceptors (Lipinski definition) is 3. The van der Waals surface area contributed by atoms with Crippen molar-refractivity contribution in [3.8, 4) is 19.5 Å². The predicted octanol–water partition coefficient (Wildman–Crippen LogP) is 6.40. The molecule has 0 atom stereocenters. The second-order valence-corrected chi connectivity index (χ2v) is 8.20. The van der Waals surface area contributed by atoms with Crippen molar-refractivity contribution in [1.82, 2.24) is 0 Å². The first kappa shape index (κ1) is 13.1. The summed E-state index contributed by atoms with van der Waals surface area (Å²) in [4.78, 5) is 7.04. The molecule has 3 aromatic heterocycles. The summed E-state index contributed by atoms with van der Waals surface area (Å²) in [5.74, 6) is 0.733. The topological polar surface area (TPSA) is 0 Å². The van der Waals surface area contributed by atoms with Gasteiger partial charge in [-0.1, -0.05) is 19.9 Å². The Kier molecular flexibility index (Phi) is 3.87. The molecule has 0 bridgehead atoms. The summed E-state index contributed by atoms with van der Waals surface area (Å²) >= 11 is 5.65. The molecule has 3 heterocycles. The zero-order chi connectivity index (χ0) is 13.2. The molecule has 0 aliphatic heterocycles. The minimum atomic E-state index is 0.733. The van der Waals surface area contributed by atoms with Gasteiger partial charge < -0.3 is 0 Å². The Hall–Kier alpha value is -0.900. The van der Waals surface area contributed by atoms with Gasteiger partial charge in [0.1, 0.15) is 0 Å². The third-order valence-electron chi connectivity index (χ3n) is 2.88. The molecule has 0 fully saturated rings. The summed E-state index contributed by atoms with van der Waals surface area (Å²) < 4.78 is 0. The molecule has 0 aromatic carbocycles. The van der Waals surface area contributed by atoms with Gasteiger partial charge in [0, 0.05) is 24.4 Å². The molecular formula is C16H16S3. The minimum Gasteiger partial charge on any atom is -0.143 e. The van der Waals surface area contributed by atoms with Gasteiger partial charge in [-0.2, -0.15) is 0 Å². The van der Waals surface area contributed by atoms with E-state index in [1.165, 1.54) is 30.8 Å². The van der Waals surface area contributed by atoms with E-state index < -0.39 is 0 Å². The molecule has 0 aliphatic carbocycles. The maximum atomic E-state index is 2.28. The highest BCUT2D eigenvalue weighted by atomic mass is 32.1. The molecule has 0 aliphatic rings. The smallest absolute Gasteiger partial charge is 0.0449 e. The zero-order valence-electron chi connectivity index (χ0n) is 11.1. The third-order valence-corrected chi connectivity index (χ3v) is 6.34. The van der Waals surface area contributed by atoms with Gasteiger partial charge in [0.05, 0.1) is 0 Å². The Morgan fingerprint density at radius 3 is 2.21 bits per heavy atom. The Bertz CT molecular complexity index is 641. The average Bonchev–Trinajstić information content (AvgIpc) is 3.09. The quantitative estimate of drug-likeness (QED) is 0.523. The lowest BCUT2D eigenvalue weighted by Crippen LogP contribution is -1.89. The summed E-state index contributed by atoms with van der Waals surface area (Å²) in [5.41, 5.74) is 0. The van der Waals surface area contributed by atoms with Gasteiger partial charge in [0.15, 0.2) is 0 Å². The van der Waals surface area contributed by atoms with Crippen molar-refractivity contribution in [2.24, 2.45) is 5.92 Å². The van der Waals surface area contributed by atoms with E-state index in [4.69, 9.17) is 0 Å². The molecular weight excluding hydrogens is 288 g/mol. The van der Waals surface area contributed by atoms with Gasteiger partial charge in [-0.15, -0.1) is 34.0 Å². The van der Waals surface area contributed by atoms with Crippen molar-refractivity contribution >= 4 is 34.0 Å². The Balaban J connectivity index is 1.84. The van der Waals surface area contributed by atoms with E-state index in [1.54, 1.807) is 0 Å². The molecule has 3 heteroatoms. The standard InChI is InChI=1S/C16H16S3/c1-11(2)10-12-5-6-15(18-12)16-8-7-14(19-16)13-4-3-9-17-13/h3-9,11H,10H2,1-2H3. The maximum absolute atomic E-state index is 2.28. The van der Waals surface area contributed by atoms with Crippen LogP contribution in [-0.4, -0.2) is 0 Å². The molecule has 0 radical (unpaired) electrons. The fourth-order valence-electron chi connectivity index (χ4n) is 2.04. The molecule has 98 valence electrons. The molecule has 0 saturated heterocycles. The van der Waals surface area contributed by atoms with E-state index in [-0.39, 0.29) is 0 Å². The highest BCUT2D eigenvalue weighted by Gasteiger charge is 2.08. The fourth-order valence-corrected chi connectivity index (χ4v) is 5.19. The fraction of sp³-hybridized carbons (Fsp3) is 0.250. The lowest BCUT2D eigenvalue weighted by atomic mass is 10.1. The van der Waals surface area contributed by atoms with Crippen LogP contribution in [0.4, 0.5) is 0 Å². The first-order chi connectivity index (χ1) is 9.22. The maximum Gasteiger partial charge on any atom is 0.0449 e. The SMILES string of the molecule is CC(C)Cc1ccc(-c2ccc(-c3cccs3)s2)s1. The third kappa shape index (κ3) is 2.99. The molecule has 0 amide bonds. The van der Waals surface area contributed by atoms with Gasteiger partial charge in [-0.3, -0.25) is 0 Å². The van der Waals surface area contributed by atoms with E-state index in [9.17, 15) is 0 Å². The van der Waals surface area contributed by atoms with Crippen LogP contribution in [0.1, 0.15) is 18.7 Å². The first-order valence-corrected chi connectivity index (χ1v) is 8.96. The van der Waals surface area contributed by atoms with Crippen molar-refractivity contribution in [3.63, 3.8) is 0 Å². The zero-order valence-corrected chi connectivity index (χ0v) is 13.5. The van der Waals surface area contributed by atoms with Crippen LogP contribution in [0.15, 0.2) is 41.8 Å². The van der Waals surface area contributed by atoms with Crippen LogP contribution in [0.5, 0.6) is 0 Å². The van der Waals surface area contributed by atoms with Crippen molar-refractivity contribution in [3.05, 3.63) is 46.7 Å². The molecule has 3 aromatic rings. The van der Waals surface area contributed by atoms with Crippen LogP contribution in [0.25, 0.3) is 19.5 Å². The highest BCUT2D eigenvalue weighted by molar-refractivity contribution is 7.26. The Labute approximate surface area is 126 Å². The van der Waals surface area contributed by atoms with Crippen LogP contribution < -0.4 is 0 Å². The lowest BCUT2D eigenvalue weighted by Gasteiger charge is -1.99. The molecule has 0 saturated carbocycles. The summed E-state index contributed by atoms with van der Waals surface area (Å²) in [6.07, 6.45) is 1.19. The van der Waals surface area contributed by atoms with Crippen molar-refractivity contribution < 1.29 is 0 Å². The van der Waals surface area contributed by atoms with Crippen molar-refractivity contribution in [1.29, 1.82) is 0 Å². The van der Waals surface area contributed by atoms with Gasteiger partial charge in [-0.25, -0.2) is 0 Å². The monoisotopic (exact) mass is 304 g/mol. The Morgan fingerprint density at radius 2 is 1.53 bits per heavy atom. The second kappa shape index (κ2) is 5.61. The van der Waals surface area contributed by atoms with Crippen molar-refractivity contribution in [2.45, 2.75) is 20.3 Å². The van der Waals surface area contributed by atoms with E-state index in [2.05, 4.69) is 55.6 Å².